The standard InChI is InChI=1S/C15H10BrN7O2S2/c16-14-22-21-13(27-14)9(10(17)24)26-15-19-11-8(12(25)20-15)6-18-23(11)7-4-2-1-3-5-7/h1-6,9H,(H2,17,24)(H,19,20,25). The number of hydrogen-bond donors (Lipinski definition) is 2. The number of thioether (sulfide) groups is 1. The number of nitrogens with zero attached hydrogens (tertiary/aromatic N) is 5. The van der Waals surface area contributed by atoms with Gasteiger partial charge in [-0.3, -0.25) is 9.59 Å². The summed E-state index contributed by atoms with van der Waals surface area (Å²) >= 11 is 5.40. The fourth-order valence-electron chi connectivity index (χ4n) is 2.38. The zero-order valence-electron chi connectivity index (χ0n) is 13.4. The number of carbonyl (C=O) groups is 1. The number of fused-ring (bicyclic) bond motifs is 1. The molecule has 27 heavy (non-hydrogen) atoms. The lowest BCUT2D eigenvalue weighted by molar-refractivity contribution is -0.117. The van der Waals surface area contributed by atoms with Crippen LogP contribution in [0.5, 0.6) is 0 Å². The maximum Gasteiger partial charge on any atom is 0.262 e. The molecule has 3 aromatic heterocycles. The molecule has 1 aromatic carbocycles. The van der Waals surface area contributed by atoms with Gasteiger partial charge in [0.25, 0.3) is 5.56 Å². The number of nitrogens with two attached hydrogens (primary N) is 1. The van der Waals surface area contributed by atoms with Crippen LogP contribution in [-0.4, -0.2) is 35.9 Å². The summed E-state index contributed by atoms with van der Waals surface area (Å²) in [7, 11) is 0. The van der Waals surface area contributed by atoms with Crippen LogP contribution in [0.4, 0.5) is 0 Å². The highest BCUT2D eigenvalue weighted by molar-refractivity contribution is 9.11. The van der Waals surface area contributed by atoms with Gasteiger partial charge in [0.2, 0.25) is 5.91 Å². The molecule has 9 nitrogen and oxygen atoms in total. The molecule has 0 aliphatic heterocycles. The van der Waals surface area contributed by atoms with Gasteiger partial charge in [0.15, 0.2) is 14.7 Å². The third-order valence-electron chi connectivity index (χ3n) is 3.55. The number of nitrogens with one attached hydrogen (secondary N) is 1. The van der Waals surface area contributed by atoms with E-state index in [2.05, 4.69) is 41.2 Å². The van der Waals surface area contributed by atoms with Crippen LogP contribution in [0.2, 0.25) is 0 Å². The second-order valence-corrected chi connectivity index (χ2v) is 8.67. The van der Waals surface area contributed by atoms with Crippen molar-refractivity contribution in [3.63, 3.8) is 0 Å². The molecular formula is C15H10BrN7O2S2. The number of aromatic nitrogens is 6. The lowest BCUT2D eigenvalue weighted by Gasteiger charge is -2.09. The van der Waals surface area contributed by atoms with Gasteiger partial charge in [-0.15, -0.1) is 10.2 Å². The van der Waals surface area contributed by atoms with Gasteiger partial charge in [0.1, 0.15) is 15.6 Å². The van der Waals surface area contributed by atoms with E-state index in [4.69, 9.17) is 5.73 Å². The summed E-state index contributed by atoms with van der Waals surface area (Å²) in [5.41, 5.74) is 6.30. The van der Waals surface area contributed by atoms with Gasteiger partial charge in [-0.05, 0) is 28.1 Å². The summed E-state index contributed by atoms with van der Waals surface area (Å²) in [6.07, 6.45) is 1.45. The third-order valence-corrected chi connectivity index (χ3v) is 6.22. The Hall–Kier alpha value is -2.57. The second kappa shape index (κ2) is 7.21. The Balaban J connectivity index is 1.78. The van der Waals surface area contributed by atoms with E-state index in [1.54, 1.807) is 4.68 Å². The summed E-state index contributed by atoms with van der Waals surface area (Å²) in [6, 6.07) is 9.32. The van der Waals surface area contributed by atoms with E-state index in [1.165, 1.54) is 17.5 Å². The lowest BCUT2D eigenvalue weighted by atomic mass is 10.3. The van der Waals surface area contributed by atoms with Crippen molar-refractivity contribution in [2.75, 3.05) is 0 Å². The largest absolute Gasteiger partial charge is 0.368 e. The van der Waals surface area contributed by atoms with Crippen LogP contribution in [-0.2, 0) is 4.79 Å². The van der Waals surface area contributed by atoms with E-state index >= 15 is 0 Å². The highest BCUT2D eigenvalue weighted by Crippen LogP contribution is 2.35. The summed E-state index contributed by atoms with van der Waals surface area (Å²) in [4.78, 5) is 31.4. The number of rotatable bonds is 5. The second-order valence-electron chi connectivity index (χ2n) is 5.29. The number of benzene rings is 1. The number of amides is 1. The van der Waals surface area contributed by atoms with E-state index in [0.29, 0.717) is 20.0 Å². The predicted octanol–water partition coefficient (Wildman–Crippen LogP) is 2.04. The monoisotopic (exact) mass is 463 g/mol. The van der Waals surface area contributed by atoms with Crippen LogP contribution in [0.25, 0.3) is 16.7 Å². The van der Waals surface area contributed by atoms with Crippen molar-refractivity contribution < 1.29 is 4.79 Å². The summed E-state index contributed by atoms with van der Waals surface area (Å²) < 4.78 is 2.10. The van der Waals surface area contributed by atoms with E-state index in [1.807, 2.05) is 30.3 Å². The molecule has 0 aliphatic carbocycles. The first kappa shape index (κ1) is 17.8. The van der Waals surface area contributed by atoms with Gasteiger partial charge < -0.3 is 10.7 Å². The normalized spacial score (nSPS) is 12.3. The Bertz CT molecular complexity index is 1190. The predicted molar refractivity (Wildman–Crippen MR) is 105 cm³/mol. The van der Waals surface area contributed by atoms with Crippen LogP contribution < -0.4 is 11.3 Å². The molecule has 0 radical (unpaired) electrons. The van der Waals surface area contributed by atoms with Crippen molar-refractivity contribution in [3.8, 4) is 5.69 Å². The molecule has 0 bridgehead atoms. The first-order valence-corrected chi connectivity index (χ1v) is 10.00. The molecule has 136 valence electrons. The van der Waals surface area contributed by atoms with Crippen LogP contribution >= 0.6 is 39.0 Å². The number of H-pyrrole nitrogens is 1. The number of halogens is 1. The first-order valence-electron chi connectivity index (χ1n) is 7.51. The molecule has 0 fully saturated rings. The highest BCUT2D eigenvalue weighted by Gasteiger charge is 2.25. The maximum atomic E-state index is 12.4. The van der Waals surface area contributed by atoms with E-state index in [0.717, 1.165) is 17.4 Å². The van der Waals surface area contributed by atoms with Crippen molar-refractivity contribution in [2.45, 2.75) is 10.4 Å². The molecule has 1 unspecified atom stereocenters. The minimum atomic E-state index is -0.831. The minimum Gasteiger partial charge on any atom is -0.368 e. The van der Waals surface area contributed by atoms with Crippen molar-refractivity contribution in [1.29, 1.82) is 0 Å². The van der Waals surface area contributed by atoms with Gasteiger partial charge >= 0.3 is 0 Å². The quantitative estimate of drug-likeness (QED) is 0.341. The minimum absolute atomic E-state index is 0.236. The fourth-order valence-corrected chi connectivity index (χ4v) is 4.58. The van der Waals surface area contributed by atoms with Crippen LogP contribution in [0.1, 0.15) is 10.3 Å². The van der Waals surface area contributed by atoms with Crippen molar-refractivity contribution >= 4 is 56.0 Å². The van der Waals surface area contributed by atoms with Crippen LogP contribution in [0.3, 0.4) is 0 Å². The van der Waals surface area contributed by atoms with E-state index in [9.17, 15) is 9.59 Å². The molecule has 3 N–H and O–H groups in total. The summed E-state index contributed by atoms with van der Waals surface area (Å²) in [5.74, 6) is -0.608. The molecule has 0 saturated heterocycles. The average molecular weight is 464 g/mol. The zero-order chi connectivity index (χ0) is 19.0. The Morgan fingerprint density at radius 1 is 1.30 bits per heavy atom. The van der Waals surface area contributed by atoms with Gasteiger partial charge in [-0.1, -0.05) is 41.3 Å². The molecule has 4 aromatic rings. The molecule has 0 spiro atoms. The Labute approximate surface area is 168 Å². The molecule has 1 atom stereocenters. The number of para-hydroxylation sites is 1. The van der Waals surface area contributed by atoms with E-state index < -0.39 is 11.2 Å². The van der Waals surface area contributed by atoms with Crippen molar-refractivity contribution in [3.05, 3.63) is 55.8 Å². The molecular weight excluding hydrogens is 454 g/mol. The van der Waals surface area contributed by atoms with Crippen LogP contribution in [0.15, 0.2) is 50.4 Å². The lowest BCUT2D eigenvalue weighted by Crippen LogP contribution is -2.20. The maximum absolute atomic E-state index is 12.4. The number of aromatic amines is 1. The third kappa shape index (κ3) is 3.50. The van der Waals surface area contributed by atoms with E-state index in [-0.39, 0.29) is 10.7 Å². The summed E-state index contributed by atoms with van der Waals surface area (Å²) in [5, 5.41) is 12.2. The van der Waals surface area contributed by atoms with Crippen LogP contribution in [0, 0.1) is 0 Å². The molecule has 3 heterocycles. The van der Waals surface area contributed by atoms with Crippen molar-refractivity contribution in [2.24, 2.45) is 5.73 Å². The Morgan fingerprint density at radius 3 is 2.74 bits per heavy atom. The van der Waals surface area contributed by atoms with Crippen molar-refractivity contribution in [1.82, 2.24) is 29.9 Å². The van der Waals surface area contributed by atoms with Gasteiger partial charge in [-0.2, -0.15) is 5.10 Å². The first-order chi connectivity index (χ1) is 13.0. The highest BCUT2D eigenvalue weighted by atomic mass is 79.9. The number of primary amides is 1. The molecule has 4 rings (SSSR count). The number of carbonyl (C=O) groups excluding carboxylic acids is 1. The Morgan fingerprint density at radius 2 is 2.07 bits per heavy atom. The zero-order valence-corrected chi connectivity index (χ0v) is 16.6. The molecule has 1 amide bonds. The number of hydrogen-bond acceptors (Lipinski definition) is 8. The SMILES string of the molecule is NC(=O)C(Sc1nc2c(cnn2-c2ccccc2)c(=O)[nH]1)c1nnc(Br)s1. The van der Waals surface area contributed by atoms with Gasteiger partial charge in [-0.25, -0.2) is 9.67 Å². The van der Waals surface area contributed by atoms with Gasteiger partial charge in [0, 0.05) is 0 Å². The Kier molecular flexibility index (Phi) is 4.76. The molecule has 0 aliphatic rings. The summed E-state index contributed by atoms with van der Waals surface area (Å²) in [6.45, 7) is 0. The molecule has 0 saturated carbocycles. The topological polar surface area (TPSA) is 132 Å². The smallest absolute Gasteiger partial charge is 0.262 e. The van der Waals surface area contributed by atoms with Gasteiger partial charge in [0.05, 0.1) is 11.9 Å². The molecule has 12 heteroatoms. The average Bonchev–Trinajstić information content (AvgIpc) is 3.27. The fraction of sp³-hybridized carbons (Fsp3) is 0.0667.